The van der Waals surface area contributed by atoms with E-state index in [1.807, 2.05) is 6.92 Å². The third kappa shape index (κ3) is 2.49. The molecule has 2 aromatic heterocycles. The van der Waals surface area contributed by atoms with Crippen LogP contribution in [0.4, 0.5) is 0 Å². The zero-order valence-electron chi connectivity index (χ0n) is 9.33. The topological polar surface area (TPSA) is 94.0 Å². The minimum atomic E-state index is -1.08. The summed E-state index contributed by atoms with van der Waals surface area (Å²) in [4.78, 5) is 10.6. The van der Waals surface area contributed by atoms with Crippen molar-refractivity contribution in [1.29, 1.82) is 0 Å². The number of carboxylic acids is 1. The molecule has 17 heavy (non-hydrogen) atoms. The number of hydrogen-bond acceptors (Lipinski definition) is 5. The van der Waals surface area contributed by atoms with E-state index >= 15 is 0 Å². The maximum absolute atomic E-state index is 10.6. The Morgan fingerprint density at radius 3 is 3.00 bits per heavy atom. The number of aromatic nitrogens is 4. The van der Waals surface area contributed by atoms with E-state index in [-0.39, 0.29) is 5.76 Å². The van der Waals surface area contributed by atoms with Gasteiger partial charge < -0.3 is 9.52 Å². The zero-order valence-corrected chi connectivity index (χ0v) is 9.33. The molecule has 0 bridgehead atoms. The van der Waals surface area contributed by atoms with Crippen molar-refractivity contribution in [1.82, 2.24) is 20.2 Å². The lowest BCUT2D eigenvalue weighted by molar-refractivity contribution is 0.0660. The summed E-state index contributed by atoms with van der Waals surface area (Å²) in [6.45, 7) is 2.38. The molecule has 2 heterocycles. The summed E-state index contributed by atoms with van der Waals surface area (Å²) < 4.78 is 6.74. The lowest BCUT2D eigenvalue weighted by Gasteiger charge is -2.00. The minimum absolute atomic E-state index is 0.0786. The van der Waals surface area contributed by atoms with Crippen LogP contribution >= 0.6 is 0 Å². The monoisotopic (exact) mass is 236 g/mol. The summed E-state index contributed by atoms with van der Waals surface area (Å²) in [5.74, 6) is 0.125. The van der Waals surface area contributed by atoms with Gasteiger partial charge in [-0.1, -0.05) is 6.92 Å². The molecule has 0 aromatic carbocycles. The Balaban J connectivity index is 2.13. The number of nitrogens with zero attached hydrogens (tertiary/aromatic N) is 4. The van der Waals surface area contributed by atoms with Crippen LogP contribution < -0.4 is 0 Å². The van der Waals surface area contributed by atoms with Gasteiger partial charge in [-0.05, 0) is 29.0 Å². The number of carboxylic acid groups (broad SMARTS) is 1. The SMILES string of the molecule is CCCc1nnnn1Cc1ccc(C(=O)O)o1. The Labute approximate surface area is 97.0 Å². The Kier molecular flexibility index (Phi) is 3.17. The Bertz CT molecular complexity index is 517. The summed E-state index contributed by atoms with van der Waals surface area (Å²) in [7, 11) is 0. The van der Waals surface area contributed by atoms with Gasteiger partial charge in [-0.25, -0.2) is 9.48 Å². The summed E-state index contributed by atoms with van der Waals surface area (Å²) in [5.41, 5.74) is 0. The highest BCUT2D eigenvalue weighted by molar-refractivity contribution is 5.84. The van der Waals surface area contributed by atoms with E-state index in [9.17, 15) is 4.79 Å². The molecule has 0 saturated carbocycles. The van der Waals surface area contributed by atoms with Crippen molar-refractivity contribution < 1.29 is 14.3 Å². The van der Waals surface area contributed by atoms with E-state index in [0.29, 0.717) is 12.3 Å². The van der Waals surface area contributed by atoms with Crippen molar-refractivity contribution in [3.63, 3.8) is 0 Å². The van der Waals surface area contributed by atoms with Crippen LogP contribution in [0, 0.1) is 0 Å². The molecule has 0 saturated heterocycles. The zero-order chi connectivity index (χ0) is 12.3. The lowest BCUT2D eigenvalue weighted by Crippen LogP contribution is -2.06. The lowest BCUT2D eigenvalue weighted by atomic mass is 10.3. The molecule has 90 valence electrons. The maximum Gasteiger partial charge on any atom is 0.371 e. The van der Waals surface area contributed by atoms with Gasteiger partial charge in [0.25, 0.3) is 0 Å². The first kappa shape index (κ1) is 11.3. The fourth-order valence-corrected chi connectivity index (χ4v) is 1.47. The third-order valence-electron chi connectivity index (χ3n) is 2.26. The number of aryl methyl sites for hydroxylation is 1. The second-order valence-corrected chi connectivity index (χ2v) is 3.57. The van der Waals surface area contributed by atoms with Crippen molar-refractivity contribution in [2.45, 2.75) is 26.3 Å². The van der Waals surface area contributed by atoms with Gasteiger partial charge in [0, 0.05) is 6.42 Å². The first-order chi connectivity index (χ1) is 8.20. The third-order valence-corrected chi connectivity index (χ3v) is 2.26. The first-order valence-corrected chi connectivity index (χ1v) is 5.27. The molecule has 0 amide bonds. The van der Waals surface area contributed by atoms with Crippen molar-refractivity contribution in [3.8, 4) is 0 Å². The molecule has 0 radical (unpaired) electrons. The number of hydrogen-bond donors (Lipinski definition) is 1. The average Bonchev–Trinajstić information content (AvgIpc) is 2.90. The van der Waals surface area contributed by atoms with Gasteiger partial charge in [0.05, 0.1) is 0 Å². The summed E-state index contributed by atoms with van der Waals surface area (Å²) in [6.07, 6.45) is 1.72. The van der Waals surface area contributed by atoms with Crippen LogP contribution in [-0.2, 0) is 13.0 Å². The number of tetrazole rings is 1. The molecule has 2 rings (SSSR count). The fourth-order valence-electron chi connectivity index (χ4n) is 1.47. The Hall–Kier alpha value is -2.18. The van der Waals surface area contributed by atoms with Gasteiger partial charge in [0.1, 0.15) is 12.3 Å². The number of aromatic carboxylic acids is 1. The highest BCUT2D eigenvalue weighted by atomic mass is 16.4. The van der Waals surface area contributed by atoms with E-state index in [1.165, 1.54) is 6.07 Å². The van der Waals surface area contributed by atoms with Crippen LogP contribution in [0.1, 0.15) is 35.5 Å². The number of carbonyl (C=O) groups is 1. The molecule has 0 spiro atoms. The number of furan rings is 1. The molecule has 1 N–H and O–H groups in total. The minimum Gasteiger partial charge on any atom is -0.475 e. The molecule has 0 atom stereocenters. The normalized spacial score (nSPS) is 10.6. The van der Waals surface area contributed by atoms with Crippen LogP contribution in [0.5, 0.6) is 0 Å². The van der Waals surface area contributed by atoms with Crippen molar-refractivity contribution in [2.75, 3.05) is 0 Å². The van der Waals surface area contributed by atoms with Gasteiger partial charge in [-0.15, -0.1) is 5.10 Å². The molecular weight excluding hydrogens is 224 g/mol. The highest BCUT2D eigenvalue weighted by Crippen LogP contribution is 2.10. The molecule has 2 aromatic rings. The quantitative estimate of drug-likeness (QED) is 0.831. The second-order valence-electron chi connectivity index (χ2n) is 3.57. The van der Waals surface area contributed by atoms with Crippen LogP contribution in [0.25, 0.3) is 0 Å². The second kappa shape index (κ2) is 4.77. The van der Waals surface area contributed by atoms with E-state index < -0.39 is 5.97 Å². The number of rotatable bonds is 5. The average molecular weight is 236 g/mol. The molecule has 0 aliphatic rings. The predicted molar refractivity (Wildman–Crippen MR) is 56.6 cm³/mol. The molecule has 0 aliphatic carbocycles. The van der Waals surface area contributed by atoms with Gasteiger partial charge in [0.15, 0.2) is 5.82 Å². The maximum atomic E-state index is 10.6. The summed E-state index contributed by atoms with van der Waals surface area (Å²) in [5, 5.41) is 20.0. The first-order valence-electron chi connectivity index (χ1n) is 5.27. The molecule has 7 heteroatoms. The van der Waals surface area contributed by atoms with Crippen LogP contribution in [0.2, 0.25) is 0 Å². The van der Waals surface area contributed by atoms with E-state index in [4.69, 9.17) is 9.52 Å². The van der Waals surface area contributed by atoms with Gasteiger partial charge in [0.2, 0.25) is 5.76 Å². The van der Waals surface area contributed by atoms with Gasteiger partial charge >= 0.3 is 5.97 Å². The van der Waals surface area contributed by atoms with Gasteiger partial charge in [-0.2, -0.15) is 0 Å². The largest absolute Gasteiger partial charge is 0.475 e. The Morgan fingerprint density at radius 2 is 2.35 bits per heavy atom. The molecule has 7 nitrogen and oxygen atoms in total. The van der Waals surface area contributed by atoms with Gasteiger partial charge in [-0.3, -0.25) is 0 Å². The smallest absolute Gasteiger partial charge is 0.371 e. The molecule has 0 unspecified atom stereocenters. The standard InChI is InChI=1S/C10H12N4O3/c1-2-3-9-11-12-13-14(9)6-7-4-5-8(17-7)10(15)16/h4-5H,2-3,6H2,1H3,(H,15,16). The van der Waals surface area contributed by atoms with Crippen molar-refractivity contribution in [3.05, 3.63) is 29.5 Å². The molecule has 0 aliphatic heterocycles. The van der Waals surface area contributed by atoms with Crippen LogP contribution in [-0.4, -0.2) is 31.3 Å². The van der Waals surface area contributed by atoms with Crippen LogP contribution in [0.3, 0.4) is 0 Å². The molecule has 0 fully saturated rings. The van der Waals surface area contributed by atoms with Crippen molar-refractivity contribution >= 4 is 5.97 Å². The van der Waals surface area contributed by atoms with Crippen molar-refractivity contribution in [2.24, 2.45) is 0 Å². The van der Waals surface area contributed by atoms with Crippen LogP contribution in [0.15, 0.2) is 16.5 Å². The van der Waals surface area contributed by atoms with E-state index in [2.05, 4.69) is 15.5 Å². The predicted octanol–water partition coefficient (Wildman–Crippen LogP) is 0.965. The molecular formula is C10H12N4O3. The fraction of sp³-hybridized carbons (Fsp3) is 0.400. The highest BCUT2D eigenvalue weighted by Gasteiger charge is 2.11. The Morgan fingerprint density at radius 1 is 1.53 bits per heavy atom. The summed E-state index contributed by atoms with van der Waals surface area (Å²) in [6, 6.07) is 3.03. The summed E-state index contributed by atoms with van der Waals surface area (Å²) >= 11 is 0. The van der Waals surface area contributed by atoms with E-state index in [0.717, 1.165) is 18.7 Å². The van der Waals surface area contributed by atoms with E-state index in [1.54, 1.807) is 10.7 Å².